The van der Waals surface area contributed by atoms with Gasteiger partial charge in [0.05, 0.1) is 5.60 Å². The Kier molecular flexibility index (Phi) is 3.57. The van der Waals surface area contributed by atoms with Crippen molar-refractivity contribution in [3.05, 3.63) is 29.8 Å². The van der Waals surface area contributed by atoms with E-state index in [9.17, 15) is 9.90 Å². The van der Waals surface area contributed by atoms with Gasteiger partial charge in [0.1, 0.15) is 0 Å². The molecule has 98 valence electrons. The number of likely N-dealkylation sites (N-methyl/N-ethyl adjacent to an activating group) is 1. The summed E-state index contributed by atoms with van der Waals surface area (Å²) in [6, 6.07) is 6.92. The molecule has 1 aliphatic carbocycles. The van der Waals surface area contributed by atoms with Crippen LogP contribution in [0.1, 0.15) is 36.0 Å². The highest BCUT2D eigenvalue weighted by Crippen LogP contribution is 2.30. The molecule has 1 aromatic rings. The second kappa shape index (κ2) is 4.98. The maximum absolute atomic E-state index is 12.2. The van der Waals surface area contributed by atoms with Crippen molar-refractivity contribution in [2.45, 2.75) is 31.3 Å². The van der Waals surface area contributed by atoms with E-state index < -0.39 is 5.60 Å². The summed E-state index contributed by atoms with van der Waals surface area (Å²) in [7, 11) is 1.72. The number of hydrogen-bond acceptors (Lipinski definition) is 3. The summed E-state index contributed by atoms with van der Waals surface area (Å²) in [5.74, 6) is -0.0948. The largest absolute Gasteiger partial charge is 0.399 e. The standard InChI is InChI=1S/C14H20N2O2/c1-16(10-14(18)7-2-3-8-14)13(17)11-5-4-6-12(15)9-11/h4-6,9,18H,2-3,7-8,10,15H2,1H3. The normalized spacial score (nSPS) is 17.7. The number of aliphatic hydroxyl groups is 1. The smallest absolute Gasteiger partial charge is 0.253 e. The number of amides is 1. The SMILES string of the molecule is CN(CC1(O)CCCC1)C(=O)c1cccc(N)c1. The second-order valence-electron chi connectivity index (χ2n) is 5.22. The maximum Gasteiger partial charge on any atom is 0.253 e. The molecule has 2 rings (SSSR count). The first kappa shape index (κ1) is 12.9. The average Bonchev–Trinajstić information content (AvgIpc) is 2.74. The lowest BCUT2D eigenvalue weighted by Crippen LogP contribution is -2.42. The minimum absolute atomic E-state index is 0.0948. The summed E-state index contributed by atoms with van der Waals surface area (Å²) >= 11 is 0. The molecular weight excluding hydrogens is 228 g/mol. The molecule has 0 radical (unpaired) electrons. The van der Waals surface area contributed by atoms with E-state index in [0.717, 1.165) is 25.7 Å². The molecule has 1 saturated carbocycles. The highest BCUT2D eigenvalue weighted by atomic mass is 16.3. The first-order valence-corrected chi connectivity index (χ1v) is 6.34. The van der Waals surface area contributed by atoms with Gasteiger partial charge < -0.3 is 15.7 Å². The van der Waals surface area contributed by atoms with Gasteiger partial charge in [-0.25, -0.2) is 0 Å². The molecule has 4 heteroatoms. The summed E-state index contributed by atoms with van der Waals surface area (Å²) in [5.41, 5.74) is 6.11. The van der Waals surface area contributed by atoms with Gasteiger partial charge in [0.25, 0.3) is 5.91 Å². The van der Waals surface area contributed by atoms with Crippen LogP contribution in [0.15, 0.2) is 24.3 Å². The maximum atomic E-state index is 12.2. The highest BCUT2D eigenvalue weighted by Gasteiger charge is 2.33. The van der Waals surface area contributed by atoms with E-state index in [1.165, 1.54) is 0 Å². The Morgan fingerprint density at radius 2 is 2.11 bits per heavy atom. The molecule has 18 heavy (non-hydrogen) atoms. The molecule has 0 heterocycles. The van der Waals surface area contributed by atoms with E-state index in [-0.39, 0.29) is 5.91 Å². The van der Waals surface area contributed by atoms with Crippen molar-refractivity contribution in [3.8, 4) is 0 Å². The first-order valence-electron chi connectivity index (χ1n) is 6.34. The molecule has 3 N–H and O–H groups in total. The van der Waals surface area contributed by atoms with E-state index in [1.807, 2.05) is 0 Å². The molecule has 0 aromatic heterocycles. The Bertz CT molecular complexity index is 439. The minimum atomic E-state index is -0.704. The number of rotatable bonds is 3. The average molecular weight is 248 g/mol. The number of carbonyl (C=O) groups excluding carboxylic acids is 1. The number of nitrogen functional groups attached to an aromatic ring is 1. The number of hydrogen-bond donors (Lipinski definition) is 2. The first-order chi connectivity index (χ1) is 8.50. The molecule has 1 amide bonds. The van der Waals surface area contributed by atoms with Crippen LogP contribution in [0.2, 0.25) is 0 Å². The fraction of sp³-hybridized carbons (Fsp3) is 0.500. The molecule has 0 aliphatic heterocycles. The summed E-state index contributed by atoms with van der Waals surface area (Å²) in [6.45, 7) is 0.390. The Hall–Kier alpha value is -1.55. The molecule has 1 aliphatic rings. The lowest BCUT2D eigenvalue weighted by molar-refractivity contribution is 0.0157. The van der Waals surface area contributed by atoms with E-state index in [4.69, 9.17) is 5.73 Å². The monoisotopic (exact) mass is 248 g/mol. The van der Waals surface area contributed by atoms with Crippen molar-refractivity contribution < 1.29 is 9.90 Å². The molecule has 0 saturated heterocycles. The zero-order valence-corrected chi connectivity index (χ0v) is 10.7. The molecule has 0 bridgehead atoms. The number of anilines is 1. The third-order valence-corrected chi connectivity index (χ3v) is 3.55. The third-order valence-electron chi connectivity index (χ3n) is 3.55. The van der Waals surface area contributed by atoms with Gasteiger partial charge in [0.2, 0.25) is 0 Å². The second-order valence-corrected chi connectivity index (χ2v) is 5.22. The van der Waals surface area contributed by atoms with Crippen molar-refractivity contribution in [1.29, 1.82) is 0 Å². The Labute approximate surface area is 107 Å². The van der Waals surface area contributed by atoms with Gasteiger partial charge >= 0.3 is 0 Å². The minimum Gasteiger partial charge on any atom is -0.399 e. The predicted molar refractivity (Wildman–Crippen MR) is 71.2 cm³/mol. The van der Waals surface area contributed by atoms with Gasteiger partial charge in [-0.1, -0.05) is 18.9 Å². The van der Waals surface area contributed by atoms with E-state index in [2.05, 4.69) is 0 Å². The van der Waals surface area contributed by atoms with Crippen LogP contribution in [0.5, 0.6) is 0 Å². The van der Waals surface area contributed by atoms with Gasteiger partial charge in [-0.15, -0.1) is 0 Å². The van der Waals surface area contributed by atoms with Crippen LogP contribution in [0.4, 0.5) is 5.69 Å². The molecule has 0 spiro atoms. The van der Waals surface area contributed by atoms with E-state index >= 15 is 0 Å². The number of nitrogens with zero attached hydrogens (tertiary/aromatic N) is 1. The van der Waals surface area contributed by atoms with Crippen molar-refractivity contribution in [3.63, 3.8) is 0 Å². The third kappa shape index (κ3) is 2.82. The van der Waals surface area contributed by atoms with Crippen LogP contribution in [-0.2, 0) is 0 Å². The number of benzene rings is 1. The number of nitrogens with two attached hydrogens (primary N) is 1. The lowest BCUT2D eigenvalue weighted by Gasteiger charge is -2.28. The fourth-order valence-corrected chi connectivity index (χ4v) is 2.60. The van der Waals surface area contributed by atoms with Crippen LogP contribution in [0.25, 0.3) is 0 Å². The van der Waals surface area contributed by atoms with Crippen LogP contribution in [-0.4, -0.2) is 35.1 Å². The molecular formula is C14H20N2O2. The zero-order chi connectivity index (χ0) is 13.2. The van der Waals surface area contributed by atoms with Gasteiger partial charge in [-0.3, -0.25) is 4.79 Å². The highest BCUT2D eigenvalue weighted by molar-refractivity contribution is 5.94. The summed E-state index contributed by atoms with van der Waals surface area (Å²) in [5, 5.41) is 10.3. The Morgan fingerprint density at radius 3 is 2.72 bits per heavy atom. The van der Waals surface area contributed by atoms with Gasteiger partial charge in [-0.05, 0) is 31.0 Å². The van der Waals surface area contributed by atoms with Crippen molar-refractivity contribution >= 4 is 11.6 Å². The van der Waals surface area contributed by atoms with Gasteiger partial charge in [0.15, 0.2) is 0 Å². The molecule has 1 fully saturated rings. The topological polar surface area (TPSA) is 66.6 Å². The van der Waals surface area contributed by atoms with E-state index in [1.54, 1.807) is 36.2 Å². The fourth-order valence-electron chi connectivity index (χ4n) is 2.60. The molecule has 4 nitrogen and oxygen atoms in total. The van der Waals surface area contributed by atoms with Gasteiger partial charge in [0, 0.05) is 24.8 Å². The van der Waals surface area contributed by atoms with Crippen LogP contribution in [0.3, 0.4) is 0 Å². The zero-order valence-electron chi connectivity index (χ0n) is 10.7. The van der Waals surface area contributed by atoms with Crippen molar-refractivity contribution in [2.75, 3.05) is 19.3 Å². The number of carbonyl (C=O) groups is 1. The van der Waals surface area contributed by atoms with Crippen LogP contribution >= 0.6 is 0 Å². The molecule has 0 unspecified atom stereocenters. The summed E-state index contributed by atoms with van der Waals surface area (Å²) in [6.07, 6.45) is 3.64. The molecule has 0 atom stereocenters. The van der Waals surface area contributed by atoms with Crippen molar-refractivity contribution in [2.24, 2.45) is 0 Å². The quantitative estimate of drug-likeness (QED) is 0.799. The van der Waals surface area contributed by atoms with Gasteiger partial charge in [-0.2, -0.15) is 0 Å². The van der Waals surface area contributed by atoms with Crippen LogP contribution in [0, 0.1) is 0 Å². The van der Waals surface area contributed by atoms with Crippen LogP contribution < -0.4 is 5.73 Å². The Balaban J connectivity index is 2.04. The summed E-state index contributed by atoms with van der Waals surface area (Å²) < 4.78 is 0. The van der Waals surface area contributed by atoms with Crippen molar-refractivity contribution in [1.82, 2.24) is 4.90 Å². The van der Waals surface area contributed by atoms with E-state index in [0.29, 0.717) is 17.8 Å². The summed E-state index contributed by atoms with van der Waals surface area (Å²) in [4.78, 5) is 13.8. The Morgan fingerprint density at radius 1 is 1.44 bits per heavy atom. The predicted octanol–water partition coefficient (Wildman–Crippen LogP) is 1.65. The lowest BCUT2D eigenvalue weighted by atomic mass is 10.0. The molecule has 1 aromatic carbocycles.